The van der Waals surface area contributed by atoms with Gasteiger partial charge in [-0.3, -0.25) is 0 Å². The summed E-state index contributed by atoms with van der Waals surface area (Å²) in [5.74, 6) is 0.800. The standard InChI is InChI=1S/C11H15NO3/c1-8-5-6-10(15-8)9(2)12-7-3-4-11(13)14/h3-6,9,12H,7H2,1-2H3,(H,13,14)/b4-3+. The van der Waals surface area contributed by atoms with Crippen molar-refractivity contribution in [2.45, 2.75) is 19.9 Å². The first-order valence-electron chi connectivity index (χ1n) is 4.79. The van der Waals surface area contributed by atoms with Gasteiger partial charge in [-0.05, 0) is 26.0 Å². The quantitative estimate of drug-likeness (QED) is 0.727. The average molecular weight is 209 g/mol. The molecule has 1 heterocycles. The van der Waals surface area contributed by atoms with E-state index in [1.807, 2.05) is 26.0 Å². The van der Waals surface area contributed by atoms with Crippen LogP contribution in [0.25, 0.3) is 0 Å². The SMILES string of the molecule is Cc1ccc(C(C)NC/C=C/C(=O)O)o1. The summed E-state index contributed by atoms with van der Waals surface area (Å²) >= 11 is 0. The van der Waals surface area contributed by atoms with Gasteiger partial charge in [0.2, 0.25) is 0 Å². The third-order valence-electron chi connectivity index (χ3n) is 1.99. The van der Waals surface area contributed by atoms with Crippen molar-refractivity contribution in [1.29, 1.82) is 0 Å². The molecule has 1 atom stereocenters. The van der Waals surface area contributed by atoms with E-state index >= 15 is 0 Å². The van der Waals surface area contributed by atoms with Crippen molar-refractivity contribution in [1.82, 2.24) is 5.32 Å². The fourth-order valence-electron chi connectivity index (χ4n) is 1.19. The van der Waals surface area contributed by atoms with E-state index in [9.17, 15) is 4.79 Å². The maximum atomic E-state index is 10.2. The molecular formula is C11H15NO3. The molecule has 0 amide bonds. The minimum atomic E-state index is -0.932. The number of carboxylic acid groups (broad SMARTS) is 1. The molecule has 0 saturated heterocycles. The van der Waals surface area contributed by atoms with E-state index in [0.717, 1.165) is 17.6 Å². The molecule has 82 valence electrons. The monoisotopic (exact) mass is 209 g/mol. The predicted octanol–water partition coefficient (Wildman–Crippen LogP) is 1.88. The summed E-state index contributed by atoms with van der Waals surface area (Å²) < 4.78 is 5.42. The molecule has 1 aromatic rings. The molecule has 1 aromatic heterocycles. The van der Waals surface area contributed by atoms with E-state index in [1.165, 1.54) is 0 Å². The zero-order valence-corrected chi connectivity index (χ0v) is 8.86. The van der Waals surface area contributed by atoms with Gasteiger partial charge in [0.05, 0.1) is 6.04 Å². The van der Waals surface area contributed by atoms with E-state index in [1.54, 1.807) is 6.08 Å². The van der Waals surface area contributed by atoms with Crippen LogP contribution in [-0.2, 0) is 4.79 Å². The van der Waals surface area contributed by atoms with Crippen LogP contribution in [0.15, 0.2) is 28.7 Å². The molecule has 0 bridgehead atoms. The first-order valence-corrected chi connectivity index (χ1v) is 4.79. The highest BCUT2D eigenvalue weighted by Gasteiger charge is 2.06. The number of carbonyl (C=O) groups is 1. The van der Waals surface area contributed by atoms with Crippen molar-refractivity contribution in [2.75, 3.05) is 6.54 Å². The lowest BCUT2D eigenvalue weighted by molar-refractivity contribution is -0.131. The minimum absolute atomic E-state index is 0.0807. The van der Waals surface area contributed by atoms with Crippen molar-refractivity contribution in [3.05, 3.63) is 35.8 Å². The Bertz CT molecular complexity index is 354. The second-order valence-corrected chi connectivity index (χ2v) is 3.32. The highest BCUT2D eigenvalue weighted by Crippen LogP contribution is 2.14. The molecule has 0 saturated carbocycles. The molecule has 0 fully saturated rings. The number of hydrogen-bond donors (Lipinski definition) is 2. The van der Waals surface area contributed by atoms with Gasteiger partial charge in [0.25, 0.3) is 0 Å². The summed E-state index contributed by atoms with van der Waals surface area (Å²) in [6, 6.07) is 3.89. The Kier molecular flexibility index (Phi) is 4.12. The predicted molar refractivity (Wildman–Crippen MR) is 56.6 cm³/mol. The highest BCUT2D eigenvalue weighted by molar-refractivity contribution is 5.79. The number of rotatable bonds is 5. The first kappa shape index (κ1) is 11.5. The van der Waals surface area contributed by atoms with Gasteiger partial charge in [-0.2, -0.15) is 0 Å². The molecule has 0 aromatic carbocycles. The lowest BCUT2D eigenvalue weighted by Crippen LogP contribution is -2.18. The van der Waals surface area contributed by atoms with E-state index < -0.39 is 5.97 Å². The zero-order chi connectivity index (χ0) is 11.3. The van der Waals surface area contributed by atoms with Gasteiger partial charge in [-0.15, -0.1) is 0 Å². The third-order valence-corrected chi connectivity index (χ3v) is 1.99. The van der Waals surface area contributed by atoms with Gasteiger partial charge in [-0.1, -0.05) is 6.08 Å². The second kappa shape index (κ2) is 5.36. The molecule has 4 nitrogen and oxygen atoms in total. The summed E-state index contributed by atoms with van der Waals surface area (Å²) in [5.41, 5.74) is 0. The first-order chi connectivity index (χ1) is 7.09. The van der Waals surface area contributed by atoms with Crippen molar-refractivity contribution < 1.29 is 14.3 Å². The van der Waals surface area contributed by atoms with E-state index in [4.69, 9.17) is 9.52 Å². The van der Waals surface area contributed by atoms with Crippen molar-refractivity contribution in [3.63, 3.8) is 0 Å². The molecule has 0 radical (unpaired) electrons. The zero-order valence-electron chi connectivity index (χ0n) is 8.86. The van der Waals surface area contributed by atoms with Crippen LogP contribution in [0.5, 0.6) is 0 Å². The lowest BCUT2D eigenvalue weighted by atomic mass is 10.2. The van der Waals surface area contributed by atoms with E-state index in [2.05, 4.69) is 5.32 Å². The molecule has 0 aliphatic heterocycles. The third kappa shape index (κ3) is 3.99. The summed E-state index contributed by atoms with van der Waals surface area (Å²) in [5, 5.41) is 11.5. The van der Waals surface area contributed by atoms with Crippen LogP contribution in [0, 0.1) is 6.92 Å². The molecule has 15 heavy (non-hydrogen) atoms. The fraction of sp³-hybridized carbons (Fsp3) is 0.364. The van der Waals surface area contributed by atoms with Crippen molar-refractivity contribution in [3.8, 4) is 0 Å². The van der Waals surface area contributed by atoms with Gasteiger partial charge in [0.15, 0.2) is 0 Å². The maximum Gasteiger partial charge on any atom is 0.328 e. The average Bonchev–Trinajstić information content (AvgIpc) is 2.59. The summed E-state index contributed by atoms with van der Waals surface area (Å²) in [6.45, 7) is 4.36. The minimum Gasteiger partial charge on any atom is -0.478 e. The van der Waals surface area contributed by atoms with Gasteiger partial charge in [-0.25, -0.2) is 4.79 Å². The Morgan fingerprint density at radius 1 is 1.67 bits per heavy atom. The molecule has 1 unspecified atom stereocenters. The number of aliphatic carboxylic acids is 1. The lowest BCUT2D eigenvalue weighted by Gasteiger charge is -2.08. The second-order valence-electron chi connectivity index (χ2n) is 3.32. The molecule has 0 aliphatic carbocycles. The van der Waals surface area contributed by atoms with Crippen LogP contribution < -0.4 is 5.32 Å². The van der Waals surface area contributed by atoms with Crippen molar-refractivity contribution in [2.24, 2.45) is 0 Å². The normalized spacial score (nSPS) is 13.2. The topological polar surface area (TPSA) is 62.5 Å². The van der Waals surface area contributed by atoms with Gasteiger partial charge < -0.3 is 14.8 Å². The Hall–Kier alpha value is -1.55. The summed E-state index contributed by atoms with van der Waals surface area (Å²) in [4.78, 5) is 10.2. The molecule has 4 heteroatoms. The van der Waals surface area contributed by atoms with Gasteiger partial charge in [0.1, 0.15) is 11.5 Å². The van der Waals surface area contributed by atoms with Crippen LogP contribution >= 0.6 is 0 Å². The van der Waals surface area contributed by atoms with Crippen LogP contribution in [0.4, 0.5) is 0 Å². The van der Waals surface area contributed by atoms with Crippen LogP contribution in [-0.4, -0.2) is 17.6 Å². The molecular weight excluding hydrogens is 194 g/mol. The summed E-state index contributed by atoms with van der Waals surface area (Å²) in [7, 11) is 0. The fourth-order valence-corrected chi connectivity index (χ4v) is 1.19. The molecule has 2 N–H and O–H groups in total. The smallest absolute Gasteiger partial charge is 0.328 e. The van der Waals surface area contributed by atoms with Crippen LogP contribution in [0.2, 0.25) is 0 Å². The Morgan fingerprint density at radius 3 is 2.93 bits per heavy atom. The van der Waals surface area contributed by atoms with Crippen molar-refractivity contribution >= 4 is 5.97 Å². The number of carboxylic acids is 1. The molecule has 0 aliphatic rings. The maximum absolute atomic E-state index is 10.2. The Morgan fingerprint density at radius 2 is 2.40 bits per heavy atom. The number of aryl methyl sites for hydroxylation is 1. The van der Waals surface area contributed by atoms with Gasteiger partial charge in [0, 0.05) is 12.6 Å². The van der Waals surface area contributed by atoms with E-state index in [0.29, 0.717) is 6.54 Å². The Labute approximate surface area is 88.6 Å². The van der Waals surface area contributed by atoms with E-state index in [-0.39, 0.29) is 6.04 Å². The van der Waals surface area contributed by atoms with Gasteiger partial charge >= 0.3 is 5.97 Å². The van der Waals surface area contributed by atoms with Crippen LogP contribution in [0.1, 0.15) is 24.5 Å². The largest absolute Gasteiger partial charge is 0.478 e. The summed E-state index contributed by atoms with van der Waals surface area (Å²) in [6.07, 6.45) is 2.68. The molecule has 1 rings (SSSR count). The number of nitrogens with one attached hydrogen (secondary N) is 1. The molecule has 0 spiro atoms. The van der Waals surface area contributed by atoms with Crippen LogP contribution in [0.3, 0.4) is 0 Å². The Balaban J connectivity index is 2.36. The number of hydrogen-bond acceptors (Lipinski definition) is 3. The highest BCUT2D eigenvalue weighted by atomic mass is 16.4. The number of furan rings is 1.